The van der Waals surface area contributed by atoms with E-state index in [1.165, 1.54) is 0 Å². The molecule has 0 fully saturated rings. The largest absolute Gasteiger partial charge is 3.00 e. The number of rotatable bonds is 0. The normalized spacial score (nSPS) is 5.00. The van der Waals surface area contributed by atoms with Gasteiger partial charge >= 0.3 is 132 Å². The summed E-state index contributed by atoms with van der Waals surface area (Å²) in [4.78, 5) is 85.2. The molecule has 24 heteroatoms. The second-order valence-corrected chi connectivity index (χ2v) is 3.75. The minimum atomic E-state index is -3.63. The minimum absolute atomic E-state index is 0. The minimum Gasteiger partial charge on any atom is -0.672 e. The van der Waals surface area contributed by atoms with Crippen LogP contribution in [-0.2, 0) is 56.4 Å². The van der Waals surface area contributed by atoms with Crippen LogP contribution in [0.2, 0.25) is 0 Å². The van der Waals surface area contributed by atoms with Gasteiger partial charge in [-0.1, -0.05) is 0 Å². The van der Waals surface area contributed by atoms with Gasteiger partial charge in [-0.25, -0.2) is 0 Å². The third-order valence-corrected chi connectivity index (χ3v) is 0. The van der Waals surface area contributed by atoms with E-state index in [4.69, 9.17) is 70.3 Å². The predicted molar refractivity (Wildman–Crippen MR) is 43.7 cm³/mol. The van der Waals surface area contributed by atoms with Crippen molar-refractivity contribution in [2.24, 2.45) is 0 Å². The second kappa shape index (κ2) is 49.9. The van der Waals surface area contributed by atoms with Gasteiger partial charge < -0.3 is 70.3 Å². The van der Waals surface area contributed by atoms with E-state index in [-0.39, 0.29) is 132 Å². The van der Waals surface area contributed by atoms with Crippen LogP contribution in [0.15, 0.2) is 0 Å². The Kier molecular flexibility index (Phi) is 117. The summed E-state index contributed by atoms with van der Waals surface area (Å²) in [5, 5.41) is 0. The quantitative estimate of drug-likeness (QED) is 0.207. The van der Waals surface area contributed by atoms with Gasteiger partial charge in [0.1, 0.15) is 0 Å². The van der Waals surface area contributed by atoms with Crippen molar-refractivity contribution in [3.8, 4) is 0 Å². The summed E-state index contributed by atoms with van der Waals surface area (Å²) in [6, 6.07) is 0. The van der Waals surface area contributed by atoms with Crippen LogP contribution in [0, 0.1) is 0 Å². The van der Waals surface area contributed by atoms with E-state index in [0.717, 1.165) is 0 Å². The van der Waals surface area contributed by atoms with Crippen molar-refractivity contribution in [3.63, 3.8) is 0 Å². The van der Waals surface area contributed by atoms with Gasteiger partial charge in [-0.3, -0.25) is 0 Å². The van der Waals surface area contributed by atoms with Gasteiger partial charge in [0.15, 0.2) is 0 Å². The Bertz CT molecular complexity index is 221. The van der Waals surface area contributed by atoms with E-state index < -0.39 is 45.9 Å². The molecule has 0 aromatic rings. The van der Waals surface area contributed by atoms with Crippen molar-refractivity contribution in [1.29, 1.82) is 0 Å². The zero-order valence-electron chi connectivity index (χ0n) is 10.7. The monoisotopic (exact) mass is 767 g/mol. The van der Waals surface area contributed by atoms with E-state index >= 15 is 0 Å². The fraction of sp³-hybridized carbons (Fsp3) is 0. The molecule has 0 heterocycles. The van der Waals surface area contributed by atoms with Crippen molar-refractivity contribution in [1.82, 2.24) is 0 Å². The third-order valence-electron chi connectivity index (χ3n) is 0. The summed E-state index contributed by atoms with van der Waals surface area (Å²) in [6.07, 6.45) is 0. The summed E-state index contributed by atoms with van der Waals surface area (Å²) in [6.45, 7) is 0. The summed E-state index contributed by atoms with van der Waals surface area (Å²) in [5.41, 5.74) is 0. The van der Waals surface area contributed by atoms with Gasteiger partial charge in [0.2, 0.25) is 0 Å². The maximum Gasteiger partial charge on any atom is 3.00 e. The molecule has 0 aliphatic heterocycles. The zero-order chi connectivity index (χ0) is 17.9. The summed E-state index contributed by atoms with van der Waals surface area (Å²) in [5.74, 6) is 0. The van der Waals surface area contributed by atoms with E-state index in [1.807, 2.05) is 0 Å². The Hall–Kier alpha value is 2.27. The molecule has 0 bridgehead atoms. The van der Waals surface area contributed by atoms with Crippen LogP contribution < -0.4 is 48.0 Å². The maximum atomic E-state index is 8.52. The van der Waals surface area contributed by atoms with E-state index in [2.05, 4.69) is 0 Å². The maximum absolute atomic E-state index is 8.52. The molecule has 0 aromatic heterocycles. The average Bonchev–Trinajstić information content (AvgIpc) is 1.94. The zero-order valence-corrected chi connectivity index (χ0v) is 26.8. The molecule has 0 aromatic carbocycles. The Morgan fingerprint density at radius 3 is 0.333 bits per heavy atom. The molecule has 0 N–H and O–H groups in total. The third kappa shape index (κ3) is 2560. The van der Waals surface area contributed by atoms with Crippen molar-refractivity contribution in [2.75, 3.05) is 0 Å². The molecule has 2 radical (unpaired) electrons. The standard InChI is InChI=1S/2Ba.2Fe.5O3Si/c;;;;5*1-4(2)3/q2*+2;2*+3;5*-2. The number of hydrogen-bond donors (Lipinski definition) is 0. The molecule has 0 rings (SSSR count). The van der Waals surface area contributed by atoms with Crippen LogP contribution in [-0.4, -0.2) is 144 Å². The fourth-order valence-corrected chi connectivity index (χ4v) is 0. The second-order valence-electron chi connectivity index (χ2n) is 1.25. The van der Waals surface area contributed by atoms with Gasteiger partial charge in [0, 0.05) is 45.9 Å². The smallest absolute Gasteiger partial charge is 0.672 e. The van der Waals surface area contributed by atoms with Crippen LogP contribution in [0.1, 0.15) is 0 Å². The molecule has 0 spiro atoms. The first-order chi connectivity index (χ1) is 8.66. The van der Waals surface area contributed by atoms with Crippen molar-refractivity contribution >= 4 is 144 Å². The average molecular weight is 767 g/mol. The van der Waals surface area contributed by atoms with E-state index in [9.17, 15) is 0 Å². The van der Waals surface area contributed by atoms with Crippen LogP contribution >= 0.6 is 0 Å². The molecule has 0 atom stereocenters. The summed E-state index contributed by atoms with van der Waals surface area (Å²) >= 11 is 0. The molecule has 15 nitrogen and oxygen atoms in total. The van der Waals surface area contributed by atoms with Crippen molar-refractivity contribution in [2.45, 2.75) is 0 Å². The number of hydrogen-bond acceptors (Lipinski definition) is 15. The van der Waals surface area contributed by atoms with Gasteiger partial charge in [-0.15, -0.1) is 0 Å². The van der Waals surface area contributed by atoms with Crippen LogP contribution in [0.5, 0.6) is 0 Å². The molecule has 24 heavy (non-hydrogen) atoms. The SMILES string of the molecule is O=[Si]([O-])[O-].O=[Si]([O-])[O-].O=[Si]([O-])[O-].O=[Si]([O-])[O-].O=[Si]([O-])[O-].[Ba+2].[Ba+2].[Fe+3].[Fe+3]. The van der Waals surface area contributed by atoms with Crippen LogP contribution in [0.4, 0.5) is 0 Å². The molecular formula is Ba2Fe2O15Si5. The molecule has 0 aliphatic rings. The molecule has 0 aliphatic carbocycles. The molecule has 0 amide bonds. The topological polar surface area (TPSA) is 316 Å². The van der Waals surface area contributed by atoms with Gasteiger partial charge in [-0.05, 0) is 0 Å². The molecule has 0 saturated carbocycles. The Balaban J connectivity index is -0.0000000161. The first kappa shape index (κ1) is 56.2. The van der Waals surface area contributed by atoms with E-state index in [0.29, 0.717) is 0 Å². The molecule has 0 saturated heterocycles. The van der Waals surface area contributed by atoms with Gasteiger partial charge in [0.25, 0.3) is 0 Å². The predicted octanol–water partition coefficient (Wildman–Crippen LogP) is -15.2. The molecule has 0 unspecified atom stereocenters. The van der Waals surface area contributed by atoms with Crippen LogP contribution in [0.25, 0.3) is 0 Å². The summed E-state index contributed by atoms with van der Waals surface area (Å²) < 4.78 is 42.6. The molecule has 130 valence electrons. The first-order valence-electron chi connectivity index (χ1n) is 3.06. The Morgan fingerprint density at radius 2 is 0.333 bits per heavy atom. The van der Waals surface area contributed by atoms with Crippen LogP contribution in [0.3, 0.4) is 0 Å². The first-order valence-corrected chi connectivity index (χ1v) is 9.19. The Morgan fingerprint density at radius 1 is 0.333 bits per heavy atom. The van der Waals surface area contributed by atoms with Crippen molar-refractivity contribution in [3.05, 3.63) is 0 Å². The van der Waals surface area contributed by atoms with Gasteiger partial charge in [-0.2, -0.15) is 0 Å². The van der Waals surface area contributed by atoms with E-state index in [1.54, 1.807) is 0 Å². The van der Waals surface area contributed by atoms with Crippen molar-refractivity contribution < 1.29 is 104 Å². The fourth-order valence-electron chi connectivity index (χ4n) is 0. The summed E-state index contributed by atoms with van der Waals surface area (Å²) in [7, 11) is -18.1. The molecular weight excluding hydrogens is 767 g/mol. The Labute approximate surface area is 243 Å². The van der Waals surface area contributed by atoms with Gasteiger partial charge in [0.05, 0.1) is 0 Å².